The molecule has 30 heavy (non-hydrogen) atoms. The summed E-state index contributed by atoms with van der Waals surface area (Å²) in [5, 5.41) is 6.94. The number of nitrogens with two attached hydrogens (primary N) is 3. The quantitative estimate of drug-likeness (QED) is 0.407. The molecular weight excluding hydrogens is 385 g/mol. The third-order valence-corrected chi connectivity index (χ3v) is 5.39. The van der Waals surface area contributed by atoms with Gasteiger partial charge in [-0.2, -0.15) is 0 Å². The van der Waals surface area contributed by atoms with Crippen LogP contribution in [0.15, 0.2) is 36.5 Å². The van der Waals surface area contributed by atoms with Crippen LogP contribution in [0.5, 0.6) is 0 Å². The number of carbonyl (C=O) groups is 1. The summed E-state index contributed by atoms with van der Waals surface area (Å²) in [6, 6.07) is 8.20. The average Bonchev–Trinajstić information content (AvgIpc) is 2.72. The molecule has 156 valence electrons. The molecule has 8 N–H and O–H groups in total. The van der Waals surface area contributed by atoms with Crippen molar-refractivity contribution in [1.82, 2.24) is 9.97 Å². The van der Waals surface area contributed by atoms with E-state index in [9.17, 15) is 9.18 Å². The maximum absolute atomic E-state index is 14.6. The Bertz CT molecular complexity index is 1100. The Kier molecular flexibility index (Phi) is 5.37. The standard InChI is InChI=1S/C21H24FN7O/c22-14-9-13(19(25)30)20(29-21(14)28-17-7-2-1-5-15(17)23)27-12-8-11-4-3-6-16(24)18(11)26-10-12/h3-4,6,8-10,15,17H,1-2,5,7,23-24H2,(H2,25,30)(H2,27,28,29)/t15-,17?/m0/s1. The largest absolute Gasteiger partial charge is 0.397 e. The van der Waals surface area contributed by atoms with Crippen molar-refractivity contribution < 1.29 is 9.18 Å². The van der Waals surface area contributed by atoms with E-state index in [1.807, 2.05) is 18.2 Å². The molecule has 2 aromatic heterocycles. The van der Waals surface area contributed by atoms with E-state index in [1.165, 1.54) is 0 Å². The second kappa shape index (κ2) is 8.11. The molecule has 1 fully saturated rings. The molecule has 0 saturated heterocycles. The van der Waals surface area contributed by atoms with Crippen LogP contribution in [0, 0.1) is 5.82 Å². The van der Waals surface area contributed by atoms with Crippen molar-refractivity contribution in [1.29, 1.82) is 0 Å². The number of nitrogens with one attached hydrogen (secondary N) is 2. The van der Waals surface area contributed by atoms with E-state index in [0.29, 0.717) is 16.9 Å². The summed E-state index contributed by atoms with van der Waals surface area (Å²) in [5.74, 6) is -1.27. The lowest BCUT2D eigenvalue weighted by Crippen LogP contribution is -2.43. The summed E-state index contributed by atoms with van der Waals surface area (Å²) in [7, 11) is 0. The highest BCUT2D eigenvalue weighted by molar-refractivity contribution is 5.99. The Morgan fingerprint density at radius 3 is 2.73 bits per heavy atom. The maximum atomic E-state index is 14.6. The van der Waals surface area contributed by atoms with Crippen molar-refractivity contribution >= 4 is 39.8 Å². The Morgan fingerprint density at radius 2 is 1.97 bits per heavy atom. The molecule has 0 radical (unpaired) electrons. The van der Waals surface area contributed by atoms with Gasteiger partial charge < -0.3 is 27.8 Å². The van der Waals surface area contributed by atoms with E-state index in [-0.39, 0.29) is 29.3 Å². The molecule has 9 heteroatoms. The smallest absolute Gasteiger partial charge is 0.252 e. The molecule has 4 rings (SSSR count). The van der Waals surface area contributed by atoms with Crippen LogP contribution in [-0.4, -0.2) is 28.0 Å². The van der Waals surface area contributed by atoms with E-state index in [1.54, 1.807) is 12.3 Å². The lowest BCUT2D eigenvalue weighted by molar-refractivity contribution is 0.100. The highest BCUT2D eigenvalue weighted by Gasteiger charge is 2.24. The van der Waals surface area contributed by atoms with Crippen molar-refractivity contribution in [3.8, 4) is 0 Å². The number of amides is 1. The molecule has 0 bridgehead atoms. The van der Waals surface area contributed by atoms with Crippen LogP contribution in [0.3, 0.4) is 0 Å². The normalized spacial score (nSPS) is 18.9. The van der Waals surface area contributed by atoms with Crippen molar-refractivity contribution in [3.05, 3.63) is 47.9 Å². The van der Waals surface area contributed by atoms with Crippen LogP contribution >= 0.6 is 0 Å². The fourth-order valence-corrected chi connectivity index (χ4v) is 3.78. The van der Waals surface area contributed by atoms with E-state index in [2.05, 4.69) is 20.6 Å². The summed E-state index contributed by atoms with van der Waals surface area (Å²) < 4.78 is 14.6. The third kappa shape index (κ3) is 3.97. The number of nitrogen functional groups attached to an aromatic ring is 1. The monoisotopic (exact) mass is 409 g/mol. The molecule has 1 aliphatic rings. The number of fused-ring (bicyclic) bond motifs is 1. The lowest BCUT2D eigenvalue weighted by Gasteiger charge is -2.30. The van der Waals surface area contributed by atoms with Crippen LogP contribution in [0.4, 0.5) is 27.4 Å². The first-order chi connectivity index (χ1) is 14.4. The average molecular weight is 409 g/mol. The number of carbonyl (C=O) groups excluding carboxylic acids is 1. The molecule has 1 saturated carbocycles. The van der Waals surface area contributed by atoms with Crippen molar-refractivity contribution in [2.45, 2.75) is 37.8 Å². The number of rotatable bonds is 5. The van der Waals surface area contributed by atoms with Gasteiger partial charge in [0, 0.05) is 17.5 Å². The van der Waals surface area contributed by atoms with E-state index in [0.717, 1.165) is 37.1 Å². The zero-order valence-electron chi connectivity index (χ0n) is 16.4. The fourth-order valence-electron chi connectivity index (χ4n) is 3.78. The van der Waals surface area contributed by atoms with Gasteiger partial charge in [-0.15, -0.1) is 0 Å². The number of para-hydroxylation sites is 1. The molecule has 1 aromatic carbocycles. The van der Waals surface area contributed by atoms with E-state index in [4.69, 9.17) is 17.2 Å². The SMILES string of the molecule is NC(=O)c1cc(F)c(NC2CCCC[C@@H]2N)nc1Nc1cnc2c(N)cccc2c1. The van der Waals surface area contributed by atoms with Crippen molar-refractivity contribution in [2.24, 2.45) is 11.5 Å². The predicted octanol–water partition coefficient (Wildman–Crippen LogP) is 2.88. The van der Waals surface area contributed by atoms with Gasteiger partial charge >= 0.3 is 0 Å². The van der Waals surface area contributed by atoms with E-state index < -0.39 is 11.7 Å². The number of pyridine rings is 2. The fraction of sp³-hybridized carbons (Fsp3) is 0.286. The number of nitrogens with zero attached hydrogens (tertiary/aromatic N) is 2. The number of hydrogen-bond donors (Lipinski definition) is 5. The van der Waals surface area contributed by atoms with Gasteiger partial charge in [0.1, 0.15) is 5.82 Å². The lowest BCUT2D eigenvalue weighted by atomic mass is 9.91. The van der Waals surface area contributed by atoms with Crippen LogP contribution in [0.2, 0.25) is 0 Å². The maximum Gasteiger partial charge on any atom is 0.252 e. The van der Waals surface area contributed by atoms with Gasteiger partial charge in [0.25, 0.3) is 5.91 Å². The van der Waals surface area contributed by atoms with Gasteiger partial charge in [0.05, 0.1) is 28.7 Å². The molecule has 1 unspecified atom stereocenters. The number of benzene rings is 1. The first-order valence-electron chi connectivity index (χ1n) is 9.86. The van der Waals surface area contributed by atoms with Crippen LogP contribution in [0.25, 0.3) is 10.9 Å². The minimum absolute atomic E-state index is 0.0304. The van der Waals surface area contributed by atoms with Crippen LogP contribution in [-0.2, 0) is 0 Å². The Balaban J connectivity index is 1.68. The second-order valence-corrected chi connectivity index (χ2v) is 7.55. The highest BCUT2D eigenvalue weighted by atomic mass is 19.1. The topological polar surface area (TPSA) is 145 Å². The van der Waals surface area contributed by atoms with Gasteiger partial charge in [0.15, 0.2) is 11.6 Å². The summed E-state index contributed by atoms with van der Waals surface area (Å²) in [4.78, 5) is 20.5. The number of hydrogen-bond acceptors (Lipinski definition) is 7. The summed E-state index contributed by atoms with van der Waals surface area (Å²) in [6.45, 7) is 0. The van der Waals surface area contributed by atoms with Crippen LogP contribution < -0.4 is 27.8 Å². The minimum atomic E-state index is -0.789. The van der Waals surface area contributed by atoms with Crippen molar-refractivity contribution in [2.75, 3.05) is 16.4 Å². The van der Waals surface area contributed by atoms with Gasteiger partial charge in [-0.25, -0.2) is 9.37 Å². The number of halogens is 1. The number of primary amides is 1. The number of anilines is 4. The third-order valence-electron chi connectivity index (χ3n) is 5.39. The first kappa shape index (κ1) is 19.8. The zero-order valence-corrected chi connectivity index (χ0v) is 16.4. The van der Waals surface area contributed by atoms with Gasteiger partial charge in [-0.05, 0) is 31.0 Å². The molecule has 0 aliphatic heterocycles. The number of aromatic nitrogens is 2. The summed E-state index contributed by atoms with van der Waals surface area (Å²) in [6.07, 6.45) is 5.35. The van der Waals surface area contributed by atoms with Gasteiger partial charge in [-0.3, -0.25) is 9.78 Å². The molecule has 8 nitrogen and oxygen atoms in total. The van der Waals surface area contributed by atoms with Crippen molar-refractivity contribution in [3.63, 3.8) is 0 Å². The minimum Gasteiger partial charge on any atom is -0.397 e. The molecule has 2 atom stereocenters. The molecule has 1 amide bonds. The van der Waals surface area contributed by atoms with Gasteiger partial charge in [-0.1, -0.05) is 25.0 Å². The van der Waals surface area contributed by atoms with E-state index >= 15 is 0 Å². The van der Waals surface area contributed by atoms with Gasteiger partial charge in [0.2, 0.25) is 0 Å². The first-order valence-corrected chi connectivity index (χ1v) is 9.86. The molecule has 1 aliphatic carbocycles. The molecule has 3 aromatic rings. The second-order valence-electron chi connectivity index (χ2n) is 7.55. The zero-order chi connectivity index (χ0) is 21.3. The summed E-state index contributed by atoms with van der Waals surface area (Å²) >= 11 is 0. The molecule has 2 heterocycles. The Labute approximate surface area is 173 Å². The van der Waals surface area contributed by atoms with Crippen LogP contribution in [0.1, 0.15) is 36.0 Å². The Morgan fingerprint density at radius 1 is 1.17 bits per heavy atom. The highest BCUT2D eigenvalue weighted by Crippen LogP contribution is 2.28. The predicted molar refractivity (Wildman–Crippen MR) is 116 cm³/mol. The Hall–Kier alpha value is -3.46. The molecular formula is C21H24FN7O. The molecule has 0 spiro atoms. The summed E-state index contributed by atoms with van der Waals surface area (Å²) in [5.41, 5.74) is 19.3.